The SMILES string of the molecule is CN(CCO)C(=O)c1ccc(Cn2cccn2)o1. The summed E-state index contributed by atoms with van der Waals surface area (Å²) in [6.07, 6.45) is 3.51. The number of rotatable bonds is 5. The van der Waals surface area contributed by atoms with Gasteiger partial charge in [-0.05, 0) is 18.2 Å². The lowest BCUT2D eigenvalue weighted by Crippen LogP contribution is -2.29. The molecule has 6 heteroatoms. The second-order valence-electron chi connectivity index (χ2n) is 3.92. The Morgan fingerprint density at radius 2 is 2.39 bits per heavy atom. The average molecular weight is 249 g/mol. The van der Waals surface area contributed by atoms with E-state index in [0.29, 0.717) is 12.3 Å². The maximum Gasteiger partial charge on any atom is 0.289 e. The first kappa shape index (κ1) is 12.4. The van der Waals surface area contributed by atoms with E-state index in [-0.39, 0.29) is 24.8 Å². The van der Waals surface area contributed by atoms with E-state index in [2.05, 4.69) is 5.10 Å². The predicted octanol–water partition coefficient (Wildman–Crippen LogP) is 0.589. The fourth-order valence-electron chi connectivity index (χ4n) is 1.57. The monoisotopic (exact) mass is 249 g/mol. The zero-order chi connectivity index (χ0) is 13.0. The zero-order valence-electron chi connectivity index (χ0n) is 10.1. The highest BCUT2D eigenvalue weighted by Gasteiger charge is 2.15. The number of likely N-dealkylation sites (N-methyl/N-ethyl adjacent to an activating group) is 1. The summed E-state index contributed by atoms with van der Waals surface area (Å²) in [5.74, 6) is 0.698. The molecule has 1 N–H and O–H groups in total. The molecule has 0 saturated heterocycles. The molecule has 0 fully saturated rings. The molecule has 0 spiro atoms. The molecule has 1 amide bonds. The van der Waals surface area contributed by atoms with E-state index in [1.807, 2.05) is 12.3 Å². The van der Waals surface area contributed by atoms with Crippen LogP contribution in [-0.2, 0) is 6.54 Å². The van der Waals surface area contributed by atoms with Crippen molar-refractivity contribution in [2.24, 2.45) is 0 Å². The van der Waals surface area contributed by atoms with E-state index in [0.717, 1.165) is 0 Å². The summed E-state index contributed by atoms with van der Waals surface area (Å²) < 4.78 is 7.17. The van der Waals surface area contributed by atoms with Crippen molar-refractivity contribution in [3.63, 3.8) is 0 Å². The van der Waals surface area contributed by atoms with E-state index in [4.69, 9.17) is 9.52 Å². The van der Waals surface area contributed by atoms with Crippen LogP contribution in [0.5, 0.6) is 0 Å². The molecule has 2 rings (SSSR count). The Bertz CT molecular complexity index is 504. The van der Waals surface area contributed by atoms with Crippen LogP contribution in [0.15, 0.2) is 35.0 Å². The van der Waals surface area contributed by atoms with Gasteiger partial charge >= 0.3 is 0 Å². The number of aliphatic hydroxyl groups is 1. The first-order chi connectivity index (χ1) is 8.70. The summed E-state index contributed by atoms with van der Waals surface area (Å²) in [6.45, 7) is 0.709. The number of carbonyl (C=O) groups excluding carboxylic acids is 1. The summed E-state index contributed by atoms with van der Waals surface area (Å²) in [7, 11) is 1.62. The number of aliphatic hydroxyl groups excluding tert-OH is 1. The van der Waals surface area contributed by atoms with Crippen LogP contribution in [0.25, 0.3) is 0 Å². The van der Waals surface area contributed by atoms with Gasteiger partial charge in [-0.2, -0.15) is 5.10 Å². The highest BCUT2D eigenvalue weighted by atomic mass is 16.4. The van der Waals surface area contributed by atoms with Crippen molar-refractivity contribution >= 4 is 5.91 Å². The lowest BCUT2D eigenvalue weighted by atomic mass is 10.4. The minimum Gasteiger partial charge on any atom is -0.454 e. The Hall–Kier alpha value is -2.08. The van der Waals surface area contributed by atoms with Crippen molar-refractivity contribution in [2.75, 3.05) is 20.2 Å². The molecule has 2 aromatic rings. The number of aromatic nitrogens is 2. The first-order valence-electron chi connectivity index (χ1n) is 5.63. The van der Waals surface area contributed by atoms with Crippen LogP contribution < -0.4 is 0 Å². The van der Waals surface area contributed by atoms with Gasteiger partial charge in [0.05, 0.1) is 13.2 Å². The molecule has 6 nitrogen and oxygen atoms in total. The normalized spacial score (nSPS) is 10.6. The van der Waals surface area contributed by atoms with Crippen LogP contribution in [0.2, 0.25) is 0 Å². The van der Waals surface area contributed by atoms with Gasteiger partial charge in [-0.25, -0.2) is 0 Å². The summed E-state index contributed by atoms with van der Waals surface area (Å²) in [6, 6.07) is 5.21. The largest absolute Gasteiger partial charge is 0.454 e. The molecule has 0 unspecified atom stereocenters. The standard InChI is InChI=1S/C12H15N3O3/c1-14(7-8-16)12(17)11-4-3-10(18-11)9-15-6-2-5-13-15/h2-6,16H,7-9H2,1H3. The number of hydrogen-bond acceptors (Lipinski definition) is 4. The fraction of sp³-hybridized carbons (Fsp3) is 0.333. The highest BCUT2D eigenvalue weighted by Crippen LogP contribution is 2.11. The van der Waals surface area contributed by atoms with Gasteiger partial charge in [0.1, 0.15) is 5.76 Å². The summed E-state index contributed by atoms with van der Waals surface area (Å²) in [5.41, 5.74) is 0. The lowest BCUT2D eigenvalue weighted by Gasteiger charge is -2.13. The van der Waals surface area contributed by atoms with Gasteiger partial charge in [0.2, 0.25) is 0 Å². The summed E-state index contributed by atoms with van der Waals surface area (Å²) >= 11 is 0. The number of amides is 1. The maximum atomic E-state index is 11.8. The summed E-state index contributed by atoms with van der Waals surface area (Å²) in [4.78, 5) is 13.3. The van der Waals surface area contributed by atoms with E-state index in [1.165, 1.54) is 4.90 Å². The van der Waals surface area contributed by atoms with Crippen molar-refractivity contribution in [2.45, 2.75) is 6.54 Å². The van der Waals surface area contributed by atoms with Gasteiger partial charge in [-0.3, -0.25) is 9.48 Å². The minimum atomic E-state index is -0.240. The number of hydrogen-bond donors (Lipinski definition) is 1. The zero-order valence-corrected chi connectivity index (χ0v) is 10.1. The maximum absolute atomic E-state index is 11.8. The van der Waals surface area contributed by atoms with Gasteiger partial charge in [0.25, 0.3) is 5.91 Å². The molecule has 96 valence electrons. The molecule has 0 aromatic carbocycles. The van der Waals surface area contributed by atoms with Gasteiger partial charge < -0.3 is 14.4 Å². The molecule has 18 heavy (non-hydrogen) atoms. The van der Waals surface area contributed by atoms with E-state index >= 15 is 0 Å². The van der Waals surface area contributed by atoms with Crippen molar-refractivity contribution in [1.29, 1.82) is 0 Å². The van der Waals surface area contributed by atoms with Crippen LogP contribution in [0, 0.1) is 0 Å². The molecule has 0 aliphatic heterocycles. The number of furan rings is 1. The van der Waals surface area contributed by atoms with Crippen LogP contribution in [0.4, 0.5) is 0 Å². The molecule has 0 atom stereocenters. The van der Waals surface area contributed by atoms with Gasteiger partial charge in [-0.1, -0.05) is 0 Å². The molecule has 2 heterocycles. The Kier molecular flexibility index (Phi) is 3.78. The smallest absolute Gasteiger partial charge is 0.289 e. The summed E-state index contributed by atoms with van der Waals surface area (Å²) in [5, 5.41) is 12.8. The molecule has 2 aromatic heterocycles. The molecular formula is C12H15N3O3. The van der Waals surface area contributed by atoms with Crippen molar-refractivity contribution in [1.82, 2.24) is 14.7 Å². The molecule has 0 bridgehead atoms. The predicted molar refractivity (Wildman–Crippen MR) is 64.1 cm³/mol. The Balaban J connectivity index is 2.03. The van der Waals surface area contributed by atoms with Crippen molar-refractivity contribution < 1.29 is 14.3 Å². The van der Waals surface area contributed by atoms with Crippen LogP contribution >= 0.6 is 0 Å². The number of carbonyl (C=O) groups is 1. The fourth-order valence-corrected chi connectivity index (χ4v) is 1.57. The topological polar surface area (TPSA) is 71.5 Å². The quantitative estimate of drug-likeness (QED) is 0.841. The van der Waals surface area contributed by atoms with Crippen LogP contribution in [0.1, 0.15) is 16.3 Å². The molecule has 0 aliphatic carbocycles. The van der Waals surface area contributed by atoms with Crippen LogP contribution in [-0.4, -0.2) is 45.9 Å². The molecule has 0 saturated carbocycles. The van der Waals surface area contributed by atoms with Crippen LogP contribution in [0.3, 0.4) is 0 Å². The Morgan fingerprint density at radius 1 is 1.56 bits per heavy atom. The molecule has 0 aliphatic rings. The Labute approximate surface area is 104 Å². The lowest BCUT2D eigenvalue weighted by molar-refractivity contribution is 0.0733. The second kappa shape index (κ2) is 5.50. The Morgan fingerprint density at radius 3 is 3.06 bits per heavy atom. The first-order valence-corrected chi connectivity index (χ1v) is 5.63. The molecular weight excluding hydrogens is 234 g/mol. The van der Waals surface area contributed by atoms with Gasteiger partial charge in [0, 0.05) is 26.0 Å². The second-order valence-corrected chi connectivity index (χ2v) is 3.92. The van der Waals surface area contributed by atoms with Gasteiger partial charge in [-0.15, -0.1) is 0 Å². The van der Waals surface area contributed by atoms with Gasteiger partial charge in [0.15, 0.2) is 5.76 Å². The minimum absolute atomic E-state index is 0.0664. The third-order valence-corrected chi connectivity index (χ3v) is 2.53. The van der Waals surface area contributed by atoms with Crippen molar-refractivity contribution in [3.8, 4) is 0 Å². The number of nitrogens with zero attached hydrogens (tertiary/aromatic N) is 3. The third kappa shape index (κ3) is 2.78. The molecule has 0 radical (unpaired) electrons. The third-order valence-electron chi connectivity index (χ3n) is 2.53. The van der Waals surface area contributed by atoms with E-state index in [9.17, 15) is 4.79 Å². The highest BCUT2D eigenvalue weighted by molar-refractivity contribution is 5.91. The average Bonchev–Trinajstić information content (AvgIpc) is 3.00. The van der Waals surface area contributed by atoms with E-state index in [1.54, 1.807) is 30.1 Å². The van der Waals surface area contributed by atoms with E-state index < -0.39 is 0 Å². The van der Waals surface area contributed by atoms with Crippen molar-refractivity contribution in [3.05, 3.63) is 42.1 Å².